The van der Waals surface area contributed by atoms with E-state index >= 15 is 0 Å². The van der Waals surface area contributed by atoms with Gasteiger partial charge in [-0.3, -0.25) is 4.79 Å². The van der Waals surface area contributed by atoms with Gasteiger partial charge in [-0.1, -0.05) is 6.07 Å². The van der Waals surface area contributed by atoms with Gasteiger partial charge in [0.2, 0.25) is 0 Å². The summed E-state index contributed by atoms with van der Waals surface area (Å²) < 4.78 is 0. The van der Waals surface area contributed by atoms with Crippen LogP contribution in [-0.4, -0.2) is 10.9 Å². The molecule has 0 atom stereocenters. The lowest BCUT2D eigenvalue weighted by molar-refractivity contribution is 0.0951. The lowest BCUT2D eigenvalue weighted by Crippen LogP contribution is -2.22. The molecular formula is C13H15N3OS. The van der Waals surface area contributed by atoms with Crippen LogP contribution in [-0.2, 0) is 6.54 Å². The van der Waals surface area contributed by atoms with Crippen LogP contribution in [0.25, 0.3) is 0 Å². The number of carbonyl (C=O) groups is 1. The number of nitrogens with two attached hydrogens (primary N) is 1. The number of hydrogen-bond acceptors (Lipinski definition) is 4. The summed E-state index contributed by atoms with van der Waals surface area (Å²) in [5.41, 5.74) is 7.81. The molecule has 3 N–H and O–H groups in total. The van der Waals surface area contributed by atoms with E-state index in [1.54, 1.807) is 35.6 Å². The van der Waals surface area contributed by atoms with Gasteiger partial charge in [0, 0.05) is 16.1 Å². The molecule has 0 unspecified atom stereocenters. The van der Waals surface area contributed by atoms with Gasteiger partial charge in [-0.25, -0.2) is 4.98 Å². The van der Waals surface area contributed by atoms with Gasteiger partial charge >= 0.3 is 0 Å². The molecule has 1 aromatic carbocycles. The van der Waals surface area contributed by atoms with Crippen molar-refractivity contribution < 1.29 is 4.79 Å². The van der Waals surface area contributed by atoms with Crippen LogP contribution in [0.4, 0.5) is 5.69 Å². The van der Waals surface area contributed by atoms with E-state index in [0.29, 0.717) is 17.8 Å². The second-order valence-electron chi connectivity index (χ2n) is 4.06. The molecule has 2 aromatic rings. The van der Waals surface area contributed by atoms with Gasteiger partial charge in [0.05, 0.1) is 12.2 Å². The van der Waals surface area contributed by atoms with E-state index < -0.39 is 0 Å². The number of aryl methyl sites for hydroxylation is 2. The molecule has 4 nitrogen and oxygen atoms in total. The van der Waals surface area contributed by atoms with Crippen LogP contribution in [0.3, 0.4) is 0 Å². The van der Waals surface area contributed by atoms with Crippen molar-refractivity contribution in [3.05, 3.63) is 45.4 Å². The Balaban J connectivity index is 2.00. The molecule has 0 spiro atoms. The minimum atomic E-state index is -0.132. The number of nitrogen functional groups attached to an aromatic ring is 1. The quantitative estimate of drug-likeness (QED) is 0.833. The molecule has 0 aliphatic carbocycles. The van der Waals surface area contributed by atoms with Crippen LogP contribution in [0, 0.1) is 13.8 Å². The zero-order valence-corrected chi connectivity index (χ0v) is 11.2. The molecule has 1 heterocycles. The fourth-order valence-electron chi connectivity index (χ4n) is 1.55. The molecule has 0 bridgehead atoms. The lowest BCUT2D eigenvalue weighted by Gasteiger charge is -2.03. The maximum absolute atomic E-state index is 11.9. The molecular weight excluding hydrogens is 246 g/mol. The topological polar surface area (TPSA) is 68.0 Å². The van der Waals surface area contributed by atoms with Gasteiger partial charge in [-0.2, -0.15) is 0 Å². The summed E-state index contributed by atoms with van der Waals surface area (Å²) >= 11 is 1.60. The summed E-state index contributed by atoms with van der Waals surface area (Å²) in [6.45, 7) is 4.44. The van der Waals surface area contributed by atoms with Crippen molar-refractivity contribution in [2.24, 2.45) is 0 Å². The highest BCUT2D eigenvalue weighted by Crippen LogP contribution is 2.16. The Morgan fingerprint density at radius 2 is 2.22 bits per heavy atom. The van der Waals surface area contributed by atoms with E-state index in [4.69, 9.17) is 5.73 Å². The van der Waals surface area contributed by atoms with Crippen LogP contribution in [0.2, 0.25) is 0 Å². The van der Waals surface area contributed by atoms with Crippen LogP contribution < -0.4 is 11.1 Å². The molecule has 94 valence electrons. The number of nitrogens with one attached hydrogen (secondary N) is 1. The number of amides is 1. The zero-order chi connectivity index (χ0) is 13.1. The second kappa shape index (κ2) is 5.18. The average molecular weight is 261 g/mol. The van der Waals surface area contributed by atoms with E-state index in [2.05, 4.69) is 10.3 Å². The highest BCUT2D eigenvalue weighted by molar-refractivity contribution is 7.11. The summed E-state index contributed by atoms with van der Waals surface area (Å²) in [6.07, 6.45) is 0. The Bertz CT molecular complexity index is 558. The van der Waals surface area contributed by atoms with Gasteiger partial charge in [-0.05, 0) is 32.0 Å². The fourth-order valence-corrected chi connectivity index (χ4v) is 2.43. The van der Waals surface area contributed by atoms with Gasteiger partial charge in [-0.15, -0.1) is 11.3 Å². The predicted molar refractivity (Wildman–Crippen MR) is 73.6 cm³/mol. The monoisotopic (exact) mass is 261 g/mol. The number of thiazole rings is 1. The lowest BCUT2D eigenvalue weighted by atomic mass is 10.2. The van der Waals surface area contributed by atoms with E-state index in [1.807, 2.05) is 13.8 Å². The number of carbonyl (C=O) groups excluding carboxylic acids is 1. The van der Waals surface area contributed by atoms with Gasteiger partial charge in [0.1, 0.15) is 5.01 Å². The minimum Gasteiger partial charge on any atom is -0.399 e. The van der Waals surface area contributed by atoms with Crippen LogP contribution in [0.5, 0.6) is 0 Å². The number of aromatic nitrogens is 1. The molecule has 1 amide bonds. The maximum Gasteiger partial charge on any atom is 0.251 e. The number of nitrogens with zero attached hydrogens (tertiary/aromatic N) is 1. The standard InChI is InChI=1S/C13H15N3OS/c1-8-9(2)18-12(16-8)7-15-13(17)10-4-3-5-11(14)6-10/h3-6H,7,14H2,1-2H3,(H,15,17). The van der Waals surface area contributed by atoms with Crippen molar-refractivity contribution in [2.75, 3.05) is 5.73 Å². The maximum atomic E-state index is 11.9. The van der Waals surface area contributed by atoms with E-state index in [1.165, 1.54) is 4.88 Å². The highest BCUT2D eigenvalue weighted by Gasteiger charge is 2.08. The second-order valence-corrected chi connectivity index (χ2v) is 5.35. The molecule has 18 heavy (non-hydrogen) atoms. The molecule has 0 fully saturated rings. The SMILES string of the molecule is Cc1nc(CNC(=O)c2cccc(N)c2)sc1C. The molecule has 0 aliphatic heterocycles. The Labute approximate surface area is 110 Å². The third-order valence-corrected chi connectivity index (χ3v) is 3.69. The van der Waals surface area contributed by atoms with E-state index in [9.17, 15) is 4.79 Å². The zero-order valence-electron chi connectivity index (χ0n) is 10.4. The average Bonchev–Trinajstić information content (AvgIpc) is 2.66. The first-order valence-electron chi connectivity index (χ1n) is 5.63. The first kappa shape index (κ1) is 12.6. The predicted octanol–water partition coefficient (Wildman–Crippen LogP) is 2.27. The van der Waals surface area contributed by atoms with E-state index in [0.717, 1.165) is 10.7 Å². The minimum absolute atomic E-state index is 0.132. The van der Waals surface area contributed by atoms with Crippen molar-refractivity contribution in [1.29, 1.82) is 0 Å². The molecule has 0 aliphatic rings. The summed E-state index contributed by atoms with van der Waals surface area (Å²) in [5.74, 6) is -0.132. The molecule has 0 saturated heterocycles. The Hall–Kier alpha value is -1.88. The summed E-state index contributed by atoms with van der Waals surface area (Å²) in [5, 5.41) is 3.76. The third-order valence-electron chi connectivity index (χ3n) is 2.62. The van der Waals surface area contributed by atoms with Crippen molar-refractivity contribution in [1.82, 2.24) is 10.3 Å². The Morgan fingerprint density at radius 3 is 2.83 bits per heavy atom. The Morgan fingerprint density at radius 1 is 1.44 bits per heavy atom. The van der Waals surface area contributed by atoms with Crippen molar-refractivity contribution >= 4 is 22.9 Å². The van der Waals surface area contributed by atoms with Crippen LogP contribution >= 0.6 is 11.3 Å². The Kier molecular flexibility index (Phi) is 3.62. The number of benzene rings is 1. The molecule has 0 saturated carbocycles. The molecule has 5 heteroatoms. The van der Waals surface area contributed by atoms with Crippen molar-refractivity contribution in [2.45, 2.75) is 20.4 Å². The molecule has 0 radical (unpaired) electrons. The highest BCUT2D eigenvalue weighted by atomic mass is 32.1. The number of hydrogen-bond donors (Lipinski definition) is 2. The summed E-state index contributed by atoms with van der Waals surface area (Å²) in [7, 11) is 0. The van der Waals surface area contributed by atoms with Crippen LogP contribution in [0.1, 0.15) is 25.9 Å². The summed E-state index contributed by atoms with van der Waals surface area (Å²) in [6, 6.07) is 6.92. The number of rotatable bonds is 3. The normalized spacial score (nSPS) is 10.3. The smallest absolute Gasteiger partial charge is 0.251 e. The fraction of sp³-hybridized carbons (Fsp3) is 0.231. The van der Waals surface area contributed by atoms with Crippen molar-refractivity contribution in [3.63, 3.8) is 0 Å². The van der Waals surface area contributed by atoms with Gasteiger partial charge in [0.15, 0.2) is 0 Å². The largest absolute Gasteiger partial charge is 0.399 e. The summed E-state index contributed by atoms with van der Waals surface area (Å²) in [4.78, 5) is 17.4. The molecule has 1 aromatic heterocycles. The molecule has 2 rings (SSSR count). The van der Waals surface area contributed by atoms with Gasteiger partial charge in [0.25, 0.3) is 5.91 Å². The van der Waals surface area contributed by atoms with E-state index in [-0.39, 0.29) is 5.91 Å². The first-order chi connectivity index (χ1) is 8.56. The first-order valence-corrected chi connectivity index (χ1v) is 6.44. The van der Waals surface area contributed by atoms with Gasteiger partial charge < -0.3 is 11.1 Å². The number of anilines is 1. The van der Waals surface area contributed by atoms with Crippen molar-refractivity contribution in [3.8, 4) is 0 Å². The van der Waals surface area contributed by atoms with Crippen LogP contribution in [0.15, 0.2) is 24.3 Å². The third kappa shape index (κ3) is 2.87.